The molecular formula is C13H18N4O2. The maximum absolute atomic E-state index is 10.5. The third-order valence-electron chi connectivity index (χ3n) is 3.41. The van der Waals surface area contributed by atoms with E-state index in [4.69, 9.17) is 15.7 Å². The van der Waals surface area contributed by atoms with Crippen LogP contribution in [0.5, 0.6) is 0 Å². The van der Waals surface area contributed by atoms with Gasteiger partial charge in [0.1, 0.15) is 6.07 Å². The van der Waals surface area contributed by atoms with E-state index in [1.807, 2.05) is 13.1 Å². The first-order valence-corrected chi connectivity index (χ1v) is 6.21. The highest BCUT2D eigenvalue weighted by atomic mass is 16.5. The van der Waals surface area contributed by atoms with E-state index in [1.165, 1.54) is 0 Å². The Kier molecular flexibility index (Phi) is 3.88. The number of pyridine rings is 1. The van der Waals surface area contributed by atoms with Crippen molar-refractivity contribution in [3.8, 4) is 6.07 Å². The lowest BCUT2D eigenvalue weighted by molar-refractivity contribution is -0.0573. The highest BCUT2D eigenvalue weighted by molar-refractivity contribution is 5.69. The molecule has 2 rings (SSSR count). The van der Waals surface area contributed by atoms with Gasteiger partial charge in [-0.25, -0.2) is 4.98 Å². The van der Waals surface area contributed by atoms with E-state index in [-0.39, 0.29) is 0 Å². The molecule has 0 saturated carbocycles. The van der Waals surface area contributed by atoms with Crippen LogP contribution in [0.1, 0.15) is 18.4 Å². The molecule has 1 aromatic rings. The number of aromatic nitrogens is 1. The van der Waals surface area contributed by atoms with Gasteiger partial charge in [0.2, 0.25) is 0 Å². The molecule has 3 N–H and O–H groups in total. The van der Waals surface area contributed by atoms with E-state index >= 15 is 0 Å². The van der Waals surface area contributed by atoms with Crippen LogP contribution in [0.3, 0.4) is 0 Å². The van der Waals surface area contributed by atoms with Crippen LogP contribution < -0.4 is 10.6 Å². The summed E-state index contributed by atoms with van der Waals surface area (Å²) in [6.45, 7) is 1.54. The van der Waals surface area contributed by atoms with E-state index in [2.05, 4.69) is 4.98 Å². The molecule has 0 amide bonds. The standard InChI is InChI=1S/C13H18N4O2/c1-17(9-13(18)3-6-19-7-4-13)12-11(15)10(8-14)2-5-16-12/h2,5,18H,3-4,6-7,9,15H2,1H3. The van der Waals surface area contributed by atoms with Crippen molar-refractivity contribution in [2.24, 2.45) is 0 Å². The Balaban J connectivity index is 2.16. The lowest BCUT2D eigenvalue weighted by Crippen LogP contribution is -2.46. The molecule has 2 heterocycles. The van der Waals surface area contributed by atoms with Crippen LogP contribution in [0.15, 0.2) is 12.3 Å². The summed E-state index contributed by atoms with van der Waals surface area (Å²) in [4.78, 5) is 5.98. The van der Waals surface area contributed by atoms with Crippen LogP contribution in [-0.2, 0) is 4.74 Å². The zero-order valence-electron chi connectivity index (χ0n) is 11.0. The van der Waals surface area contributed by atoms with Gasteiger partial charge in [0, 0.05) is 45.8 Å². The van der Waals surface area contributed by atoms with Crippen LogP contribution in [0, 0.1) is 11.3 Å². The fourth-order valence-corrected chi connectivity index (χ4v) is 2.29. The predicted octanol–water partition coefficient (Wildman–Crippen LogP) is 0.513. The normalized spacial score (nSPS) is 17.7. The third kappa shape index (κ3) is 2.95. The van der Waals surface area contributed by atoms with Gasteiger partial charge in [-0.1, -0.05) is 0 Å². The number of ether oxygens (including phenoxy) is 1. The molecule has 1 aliphatic heterocycles. The molecule has 1 saturated heterocycles. The number of hydrogen-bond acceptors (Lipinski definition) is 6. The largest absolute Gasteiger partial charge is 0.395 e. The van der Waals surface area contributed by atoms with Crippen molar-refractivity contribution in [3.05, 3.63) is 17.8 Å². The van der Waals surface area contributed by atoms with Gasteiger partial charge in [0.05, 0.1) is 16.9 Å². The van der Waals surface area contributed by atoms with Crippen LogP contribution >= 0.6 is 0 Å². The minimum atomic E-state index is -0.788. The Morgan fingerprint density at radius 3 is 2.89 bits per heavy atom. The van der Waals surface area contributed by atoms with E-state index in [9.17, 15) is 5.11 Å². The quantitative estimate of drug-likeness (QED) is 0.824. The number of nitrogens with zero attached hydrogens (tertiary/aromatic N) is 3. The molecule has 102 valence electrons. The van der Waals surface area contributed by atoms with Gasteiger partial charge in [-0.05, 0) is 6.07 Å². The van der Waals surface area contributed by atoms with Crippen LogP contribution in [0.2, 0.25) is 0 Å². The first kappa shape index (κ1) is 13.6. The smallest absolute Gasteiger partial charge is 0.152 e. The first-order chi connectivity index (χ1) is 9.06. The second-order valence-electron chi connectivity index (χ2n) is 4.90. The van der Waals surface area contributed by atoms with E-state index < -0.39 is 5.60 Å². The Morgan fingerprint density at radius 1 is 1.58 bits per heavy atom. The van der Waals surface area contributed by atoms with Crippen molar-refractivity contribution in [3.63, 3.8) is 0 Å². The molecule has 6 heteroatoms. The van der Waals surface area contributed by atoms with Crippen LogP contribution in [-0.4, -0.2) is 42.5 Å². The molecule has 6 nitrogen and oxygen atoms in total. The molecule has 1 aliphatic rings. The monoisotopic (exact) mass is 262 g/mol. The van der Waals surface area contributed by atoms with Gasteiger partial charge in [-0.2, -0.15) is 5.26 Å². The third-order valence-corrected chi connectivity index (χ3v) is 3.41. The molecule has 0 radical (unpaired) electrons. The summed E-state index contributed by atoms with van der Waals surface area (Å²) < 4.78 is 5.25. The Hall–Kier alpha value is -1.84. The van der Waals surface area contributed by atoms with E-state index in [0.717, 1.165) is 0 Å². The number of nitrogens with two attached hydrogens (primary N) is 1. The number of aliphatic hydroxyl groups is 1. The summed E-state index contributed by atoms with van der Waals surface area (Å²) in [5, 5.41) is 19.4. The summed E-state index contributed by atoms with van der Waals surface area (Å²) in [6.07, 6.45) is 2.74. The van der Waals surface area contributed by atoms with Crippen molar-refractivity contribution in [1.29, 1.82) is 5.26 Å². The van der Waals surface area contributed by atoms with E-state index in [0.29, 0.717) is 49.7 Å². The fraction of sp³-hybridized carbons (Fsp3) is 0.538. The molecule has 0 aromatic carbocycles. The first-order valence-electron chi connectivity index (χ1n) is 6.21. The lowest BCUT2D eigenvalue weighted by atomic mass is 9.94. The van der Waals surface area contributed by atoms with Gasteiger partial charge in [0.15, 0.2) is 5.82 Å². The number of nitrogen functional groups attached to an aromatic ring is 1. The van der Waals surface area contributed by atoms with Gasteiger partial charge in [-0.3, -0.25) is 0 Å². The molecule has 1 fully saturated rings. The number of likely N-dealkylation sites (N-methyl/N-ethyl adjacent to an activating group) is 1. The highest BCUT2D eigenvalue weighted by Crippen LogP contribution is 2.27. The van der Waals surface area contributed by atoms with Crippen LogP contribution in [0.4, 0.5) is 11.5 Å². The zero-order valence-corrected chi connectivity index (χ0v) is 11.0. The topological polar surface area (TPSA) is 95.4 Å². The Labute approximate surface area is 112 Å². The second kappa shape index (κ2) is 5.43. The van der Waals surface area contributed by atoms with Crippen molar-refractivity contribution in [1.82, 2.24) is 4.98 Å². The zero-order chi connectivity index (χ0) is 13.9. The van der Waals surface area contributed by atoms with Gasteiger partial charge >= 0.3 is 0 Å². The fourth-order valence-electron chi connectivity index (χ4n) is 2.29. The summed E-state index contributed by atoms with van der Waals surface area (Å²) in [6, 6.07) is 3.61. The summed E-state index contributed by atoms with van der Waals surface area (Å²) in [7, 11) is 1.81. The maximum Gasteiger partial charge on any atom is 0.152 e. The second-order valence-corrected chi connectivity index (χ2v) is 4.90. The van der Waals surface area contributed by atoms with Crippen LogP contribution in [0.25, 0.3) is 0 Å². The van der Waals surface area contributed by atoms with Gasteiger partial charge < -0.3 is 20.5 Å². The lowest BCUT2D eigenvalue weighted by Gasteiger charge is -2.36. The van der Waals surface area contributed by atoms with Crippen molar-refractivity contribution >= 4 is 11.5 Å². The van der Waals surface area contributed by atoms with Gasteiger partial charge in [0.25, 0.3) is 0 Å². The molecule has 0 aliphatic carbocycles. The summed E-state index contributed by atoms with van der Waals surface area (Å²) in [5.74, 6) is 0.527. The maximum atomic E-state index is 10.5. The minimum Gasteiger partial charge on any atom is -0.395 e. The molecule has 1 aromatic heterocycles. The van der Waals surface area contributed by atoms with Gasteiger partial charge in [-0.15, -0.1) is 0 Å². The SMILES string of the molecule is CN(CC1(O)CCOCC1)c1nccc(C#N)c1N. The molecular weight excluding hydrogens is 244 g/mol. The summed E-state index contributed by atoms with van der Waals surface area (Å²) >= 11 is 0. The molecule has 0 bridgehead atoms. The Bertz CT molecular complexity index is 492. The van der Waals surface area contributed by atoms with Crippen molar-refractivity contribution in [2.75, 3.05) is 37.4 Å². The summed E-state index contributed by atoms with van der Waals surface area (Å²) in [5.41, 5.74) is 5.87. The van der Waals surface area contributed by atoms with Crippen molar-refractivity contribution in [2.45, 2.75) is 18.4 Å². The molecule has 0 unspecified atom stereocenters. The number of rotatable bonds is 3. The van der Waals surface area contributed by atoms with Crippen molar-refractivity contribution < 1.29 is 9.84 Å². The number of nitriles is 1. The predicted molar refractivity (Wildman–Crippen MR) is 71.6 cm³/mol. The Morgan fingerprint density at radius 2 is 2.26 bits per heavy atom. The average Bonchev–Trinajstić information content (AvgIpc) is 2.39. The number of hydrogen-bond donors (Lipinski definition) is 2. The van der Waals surface area contributed by atoms with E-state index in [1.54, 1.807) is 17.2 Å². The minimum absolute atomic E-state index is 0.350. The highest BCUT2D eigenvalue weighted by Gasteiger charge is 2.31. The molecule has 0 spiro atoms. The average molecular weight is 262 g/mol. The molecule has 19 heavy (non-hydrogen) atoms. The molecule has 0 atom stereocenters. The number of anilines is 2.